The molecule has 110 valence electrons. The molecule has 1 N–H and O–H groups in total. The third-order valence-corrected chi connectivity index (χ3v) is 3.82. The molecular formula is C17H11ClO4. The maximum Gasteiger partial charge on any atom is 0.339 e. The predicted molar refractivity (Wildman–Crippen MR) is 84.6 cm³/mol. The van der Waals surface area contributed by atoms with Crippen molar-refractivity contribution in [2.45, 2.75) is 6.92 Å². The minimum atomic E-state index is -1.15. The smallest absolute Gasteiger partial charge is 0.339 e. The monoisotopic (exact) mass is 314 g/mol. The highest BCUT2D eigenvalue weighted by Gasteiger charge is 2.18. The highest BCUT2D eigenvalue weighted by molar-refractivity contribution is 6.33. The number of carboxylic acid groups (broad SMARTS) is 1. The summed E-state index contributed by atoms with van der Waals surface area (Å²) < 4.78 is 5.77. The molecule has 22 heavy (non-hydrogen) atoms. The third kappa shape index (κ3) is 2.18. The van der Waals surface area contributed by atoms with Crippen LogP contribution in [0.2, 0.25) is 5.02 Å². The van der Waals surface area contributed by atoms with E-state index in [1.54, 1.807) is 37.3 Å². The fourth-order valence-corrected chi connectivity index (χ4v) is 2.60. The van der Waals surface area contributed by atoms with Crippen molar-refractivity contribution in [1.29, 1.82) is 0 Å². The van der Waals surface area contributed by atoms with Crippen LogP contribution in [0.1, 0.15) is 15.9 Å². The summed E-state index contributed by atoms with van der Waals surface area (Å²) in [5.74, 6) is -0.862. The zero-order chi connectivity index (χ0) is 15.9. The number of benzene rings is 2. The van der Waals surface area contributed by atoms with Gasteiger partial charge in [-0.2, -0.15) is 0 Å². The molecule has 0 saturated carbocycles. The first-order chi connectivity index (χ1) is 10.5. The predicted octanol–water partition coefficient (Wildman–Crippen LogP) is 4.12. The van der Waals surface area contributed by atoms with Crippen molar-refractivity contribution in [3.8, 4) is 11.3 Å². The Hall–Kier alpha value is -2.59. The third-order valence-electron chi connectivity index (χ3n) is 3.49. The van der Waals surface area contributed by atoms with Crippen molar-refractivity contribution >= 4 is 28.5 Å². The highest BCUT2D eigenvalue weighted by Crippen LogP contribution is 2.31. The fourth-order valence-electron chi connectivity index (χ4n) is 2.38. The van der Waals surface area contributed by atoms with Gasteiger partial charge in [-0.05, 0) is 31.2 Å². The number of carboxylic acids is 1. The summed E-state index contributed by atoms with van der Waals surface area (Å²) in [4.78, 5) is 23.9. The molecule has 0 aliphatic heterocycles. The lowest BCUT2D eigenvalue weighted by molar-refractivity contribution is 0.0698. The van der Waals surface area contributed by atoms with Crippen LogP contribution in [0.3, 0.4) is 0 Å². The van der Waals surface area contributed by atoms with Gasteiger partial charge < -0.3 is 9.52 Å². The fraction of sp³-hybridized carbons (Fsp3) is 0.0588. The van der Waals surface area contributed by atoms with E-state index in [4.69, 9.17) is 16.0 Å². The van der Waals surface area contributed by atoms with E-state index in [0.717, 1.165) is 0 Å². The Morgan fingerprint density at radius 2 is 1.86 bits per heavy atom. The van der Waals surface area contributed by atoms with Gasteiger partial charge in [-0.25, -0.2) is 4.79 Å². The average molecular weight is 315 g/mol. The van der Waals surface area contributed by atoms with Crippen LogP contribution in [0.15, 0.2) is 51.7 Å². The molecule has 0 amide bonds. The molecule has 3 rings (SSSR count). The minimum absolute atomic E-state index is 0.0529. The van der Waals surface area contributed by atoms with Crippen molar-refractivity contribution in [2.75, 3.05) is 0 Å². The zero-order valence-electron chi connectivity index (χ0n) is 11.6. The van der Waals surface area contributed by atoms with Crippen molar-refractivity contribution in [3.05, 3.63) is 68.8 Å². The maximum absolute atomic E-state index is 12.5. The van der Waals surface area contributed by atoms with Crippen LogP contribution in [0, 0.1) is 6.92 Å². The van der Waals surface area contributed by atoms with E-state index in [1.807, 2.05) is 0 Å². The van der Waals surface area contributed by atoms with E-state index in [-0.39, 0.29) is 27.7 Å². The number of fused-ring (bicyclic) bond motifs is 1. The summed E-state index contributed by atoms with van der Waals surface area (Å²) in [5.41, 5.74) is 0.687. The Balaban J connectivity index is 2.45. The van der Waals surface area contributed by atoms with E-state index in [2.05, 4.69) is 0 Å². The van der Waals surface area contributed by atoms with Gasteiger partial charge in [-0.3, -0.25) is 4.79 Å². The molecule has 4 nitrogen and oxygen atoms in total. The first-order valence-electron chi connectivity index (χ1n) is 6.55. The van der Waals surface area contributed by atoms with Crippen LogP contribution in [0.5, 0.6) is 0 Å². The van der Waals surface area contributed by atoms with E-state index in [9.17, 15) is 14.7 Å². The topological polar surface area (TPSA) is 67.5 Å². The lowest BCUT2D eigenvalue weighted by Gasteiger charge is -2.09. The van der Waals surface area contributed by atoms with Gasteiger partial charge in [0.05, 0.1) is 10.4 Å². The van der Waals surface area contributed by atoms with Crippen molar-refractivity contribution in [2.24, 2.45) is 0 Å². The molecule has 0 bridgehead atoms. The van der Waals surface area contributed by atoms with Crippen LogP contribution < -0.4 is 5.43 Å². The molecule has 5 heteroatoms. The largest absolute Gasteiger partial charge is 0.478 e. The number of hydrogen-bond acceptors (Lipinski definition) is 3. The maximum atomic E-state index is 12.5. The normalized spacial score (nSPS) is 10.8. The second-order valence-corrected chi connectivity index (χ2v) is 5.26. The molecule has 0 fully saturated rings. The first-order valence-corrected chi connectivity index (χ1v) is 6.93. The van der Waals surface area contributed by atoms with Gasteiger partial charge in [0.2, 0.25) is 0 Å². The van der Waals surface area contributed by atoms with Crippen LogP contribution in [-0.4, -0.2) is 11.1 Å². The van der Waals surface area contributed by atoms with Crippen molar-refractivity contribution in [1.82, 2.24) is 0 Å². The summed E-state index contributed by atoms with van der Waals surface area (Å²) in [5, 5.41) is 9.95. The van der Waals surface area contributed by atoms with Crippen LogP contribution in [0.25, 0.3) is 22.3 Å². The molecule has 0 saturated heterocycles. The standard InChI is InChI=1S/C17H11ClO4/c1-9-14(19)11-6-4-7-12(17(20)21)16(11)22-15(9)10-5-2-3-8-13(10)18/h2-8H,1H3,(H,20,21). The number of para-hydroxylation sites is 1. The van der Waals surface area contributed by atoms with Gasteiger partial charge in [0, 0.05) is 11.1 Å². The Bertz CT molecular complexity index is 957. The Kier molecular flexibility index (Phi) is 3.47. The summed E-state index contributed by atoms with van der Waals surface area (Å²) in [6.07, 6.45) is 0. The van der Waals surface area contributed by atoms with Gasteiger partial charge in [-0.1, -0.05) is 29.8 Å². The molecule has 0 spiro atoms. The molecular weight excluding hydrogens is 304 g/mol. The van der Waals surface area contributed by atoms with E-state index >= 15 is 0 Å². The number of carbonyl (C=O) groups is 1. The van der Waals surface area contributed by atoms with Crippen LogP contribution in [-0.2, 0) is 0 Å². The molecule has 0 unspecified atom stereocenters. The van der Waals surface area contributed by atoms with E-state index in [0.29, 0.717) is 16.1 Å². The van der Waals surface area contributed by atoms with Gasteiger partial charge in [0.15, 0.2) is 11.0 Å². The summed E-state index contributed by atoms with van der Waals surface area (Å²) in [7, 11) is 0. The summed E-state index contributed by atoms with van der Waals surface area (Å²) in [6, 6.07) is 11.4. The van der Waals surface area contributed by atoms with E-state index < -0.39 is 5.97 Å². The molecule has 2 aromatic carbocycles. The molecule has 1 heterocycles. The number of aromatic carboxylic acids is 1. The van der Waals surface area contributed by atoms with Gasteiger partial charge >= 0.3 is 5.97 Å². The molecule has 0 radical (unpaired) electrons. The van der Waals surface area contributed by atoms with E-state index in [1.165, 1.54) is 12.1 Å². The molecule has 3 aromatic rings. The van der Waals surface area contributed by atoms with Gasteiger partial charge in [-0.15, -0.1) is 0 Å². The first kappa shape index (κ1) is 14.4. The number of hydrogen-bond donors (Lipinski definition) is 1. The highest BCUT2D eigenvalue weighted by atomic mass is 35.5. The minimum Gasteiger partial charge on any atom is -0.478 e. The Labute approximate surface area is 130 Å². The quantitative estimate of drug-likeness (QED) is 0.772. The summed E-state index contributed by atoms with van der Waals surface area (Å²) >= 11 is 6.16. The lowest BCUT2D eigenvalue weighted by Crippen LogP contribution is -2.09. The van der Waals surface area contributed by atoms with Crippen LogP contribution in [0.4, 0.5) is 0 Å². The van der Waals surface area contributed by atoms with Crippen molar-refractivity contribution in [3.63, 3.8) is 0 Å². The number of halogens is 1. The second-order valence-electron chi connectivity index (χ2n) is 4.85. The van der Waals surface area contributed by atoms with Crippen molar-refractivity contribution < 1.29 is 14.3 Å². The van der Waals surface area contributed by atoms with Crippen LogP contribution >= 0.6 is 11.6 Å². The molecule has 0 aliphatic carbocycles. The average Bonchev–Trinajstić information content (AvgIpc) is 2.51. The molecule has 1 aromatic heterocycles. The lowest BCUT2D eigenvalue weighted by atomic mass is 10.0. The molecule has 0 atom stereocenters. The second kappa shape index (κ2) is 5.31. The Morgan fingerprint density at radius 3 is 2.55 bits per heavy atom. The Morgan fingerprint density at radius 1 is 1.14 bits per heavy atom. The molecule has 0 aliphatic rings. The SMILES string of the molecule is Cc1c(-c2ccccc2Cl)oc2c(C(=O)O)cccc2c1=O. The van der Waals surface area contributed by atoms with Gasteiger partial charge in [0.25, 0.3) is 0 Å². The zero-order valence-corrected chi connectivity index (χ0v) is 12.3. The summed E-state index contributed by atoms with van der Waals surface area (Å²) in [6.45, 7) is 1.64. The number of rotatable bonds is 2. The van der Waals surface area contributed by atoms with Gasteiger partial charge in [0.1, 0.15) is 11.3 Å².